The highest BCUT2D eigenvalue weighted by Gasteiger charge is 2.58. The molecule has 1 saturated carbocycles. The van der Waals surface area contributed by atoms with E-state index in [2.05, 4.69) is 20.8 Å². The van der Waals surface area contributed by atoms with Gasteiger partial charge in [-0.2, -0.15) is 0 Å². The molecule has 3 aliphatic rings. The van der Waals surface area contributed by atoms with Crippen molar-refractivity contribution in [2.75, 3.05) is 26.4 Å². The van der Waals surface area contributed by atoms with E-state index in [1.165, 1.54) is 141 Å². The summed E-state index contributed by atoms with van der Waals surface area (Å²) in [6, 6.07) is 0. The van der Waals surface area contributed by atoms with Crippen LogP contribution in [0.4, 0.5) is 0 Å². The molecule has 0 spiro atoms. The lowest BCUT2D eigenvalue weighted by molar-refractivity contribution is -0.360. The average molecular weight is 1390 g/mol. The molecule has 11 N–H and O–H groups in total. The molecule has 95 heavy (non-hydrogen) atoms. The molecule has 2 heterocycles. The molecule has 0 bridgehead atoms. The van der Waals surface area contributed by atoms with E-state index in [0.29, 0.717) is 19.3 Å². The minimum absolute atomic E-state index is 0.0331. The number of carbonyl (C=O) groups excluding carboxylic acids is 3. The Bertz CT molecular complexity index is 1980. The second kappa shape index (κ2) is 52.9. The van der Waals surface area contributed by atoms with Gasteiger partial charge in [-0.15, -0.1) is 0 Å². The molecule has 560 valence electrons. The van der Waals surface area contributed by atoms with Gasteiger partial charge in [0.25, 0.3) is 0 Å². The fraction of sp³-hybridized carbons (Fsp3) is 0.957. The lowest BCUT2D eigenvalue weighted by Crippen LogP contribution is -2.69. The van der Waals surface area contributed by atoms with E-state index in [0.717, 1.165) is 96.3 Å². The number of phosphoric acid groups is 1. The fourth-order valence-corrected chi connectivity index (χ4v) is 13.5. The van der Waals surface area contributed by atoms with Crippen molar-refractivity contribution in [1.82, 2.24) is 0 Å². The van der Waals surface area contributed by atoms with E-state index in [1.807, 2.05) is 0 Å². The Morgan fingerprint density at radius 1 is 0.368 bits per heavy atom. The van der Waals surface area contributed by atoms with Crippen molar-refractivity contribution in [1.29, 1.82) is 0 Å². The fourth-order valence-electron chi connectivity index (χ4n) is 12.5. The lowest BCUT2D eigenvalue weighted by Gasteiger charge is -2.49. The normalized spacial score (nSPS) is 28.1. The van der Waals surface area contributed by atoms with Gasteiger partial charge in [0.15, 0.2) is 18.7 Å². The first-order chi connectivity index (χ1) is 45.8. The number of phosphoric ester groups is 1. The molecule has 24 nitrogen and oxygen atoms in total. The van der Waals surface area contributed by atoms with E-state index in [9.17, 15) is 74.9 Å². The van der Waals surface area contributed by atoms with Gasteiger partial charge in [0.2, 0.25) is 0 Å². The number of hydrogen-bond acceptors (Lipinski definition) is 23. The quantitative estimate of drug-likeness (QED) is 0.0117. The van der Waals surface area contributed by atoms with Crippen LogP contribution in [0.25, 0.3) is 0 Å². The first-order valence-corrected chi connectivity index (χ1v) is 38.8. The van der Waals surface area contributed by atoms with Crippen LogP contribution < -0.4 is 0 Å². The van der Waals surface area contributed by atoms with Crippen LogP contribution in [-0.4, -0.2) is 204 Å². The lowest BCUT2D eigenvalue weighted by atomic mass is 9.84. The molecule has 2 saturated heterocycles. The first-order valence-electron chi connectivity index (χ1n) is 37.3. The average Bonchev–Trinajstić information content (AvgIpc) is 0.764. The SMILES string of the molecule is CCCCCCCCCCCCCCCCCC(=O)OC(COC(=O)CCCCCCCCCCCCCC)COP(=O)(O)OC1C(OC2OC(CO)C(O)C(O)C2O)C(O)C(O)C(O)C1OC1OC(COC(=O)CCCCCCCCCCCCCCC)C(O)C(O)C1O. The molecule has 3 rings (SSSR count). The zero-order chi connectivity index (χ0) is 69.6. The van der Waals surface area contributed by atoms with Crippen LogP contribution in [0, 0.1) is 0 Å². The van der Waals surface area contributed by atoms with Crippen molar-refractivity contribution in [2.45, 2.75) is 401 Å². The Balaban J connectivity index is 1.74. The Kier molecular flexibility index (Phi) is 48.5. The second-order valence-corrected chi connectivity index (χ2v) is 28.4. The second-order valence-electron chi connectivity index (χ2n) is 27.0. The molecule has 0 amide bonds. The zero-order valence-corrected chi connectivity index (χ0v) is 59.1. The third-order valence-electron chi connectivity index (χ3n) is 18.6. The summed E-state index contributed by atoms with van der Waals surface area (Å²) in [6.45, 7) is 3.45. The maximum absolute atomic E-state index is 14.3. The van der Waals surface area contributed by atoms with E-state index >= 15 is 0 Å². The van der Waals surface area contributed by atoms with Gasteiger partial charge in [-0.3, -0.25) is 23.4 Å². The number of hydrogen-bond donors (Lipinski definition) is 11. The van der Waals surface area contributed by atoms with Gasteiger partial charge in [0, 0.05) is 19.3 Å². The Morgan fingerprint density at radius 3 is 1.03 bits per heavy atom. The van der Waals surface area contributed by atoms with Gasteiger partial charge >= 0.3 is 25.7 Å². The largest absolute Gasteiger partial charge is 0.472 e. The molecular weight excluding hydrogens is 1260 g/mol. The van der Waals surface area contributed by atoms with E-state index in [1.54, 1.807) is 0 Å². The first kappa shape index (κ1) is 87.2. The van der Waals surface area contributed by atoms with Gasteiger partial charge in [0.1, 0.15) is 98.7 Å². The Hall–Kier alpha value is -2.04. The minimum Gasteiger partial charge on any atom is -0.463 e. The molecule has 3 fully saturated rings. The summed E-state index contributed by atoms with van der Waals surface area (Å²) in [6.07, 6.45) is 8.91. The van der Waals surface area contributed by atoms with Crippen molar-refractivity contribution in [2.24, 2.45) is 0 Å². The number of unbranched alkanes of at least 4 members (excludes halogenated alkanes) is 37. The van der Waals surface area contributed by atoms with Crippen molar-refractivity contribution >= 4 is 25.7 Å². The summed E-state index contributed by atoms with van der Waals surface area (Å²) < 4.78 is 65.0. The smallest absolute Gasteiger partial charge is 0.463 e. The van der Waals surface area contributed by atoms with Crippen LogP contribution in [0.1, 0.15) is 297 Å². The van der Waals surface area contributed by atoms with Crippen molar-refractivity contribution in [3.63, 3.8) is 0 Å². The standard InChI is InChI=1S/C70H131O24P/c1-4-7-10-13-16-19-22-25-26-28-31-34-37-40-43-46-56(74)89-51(48-86-54(72)44-41-38-35-32-29-24-21-18-15-12-9-6-3)49-88-95(84,85)94-68-66(92-69-64(82)59(77)57(75)52(47-71)90-69)62(80)61(79)63(81)67(68)93-70-65(83)60(78)58(76)53(91-70)50-87-55(73)45-42-39-36-33-30-27-23-20-17-14-11-8-5-2/h51-53,57-71,75-83H,4-50H2,1-3H3,(H,84,85). The Morgan fingerprint density at radius 2 is 0.674 bits per heavy atom. The van der Waals surface area contributed by atoms with Gasteiger partial charge < -0.3 is 89.1 Å². The Labute approximate surface area is 568 Å². The number of aliphatic hydroxyl groups is 10. The molecule has 0 aromatic heterocycles. The van der Waals surface area contributed by atoms with Crippen LogP contribution >= 0.6 is 7.82 Å². The summed E-state index contributed by atoms with van der Waals surface area (Å²) in [7, 11) is -5.69. The number of carbonyl (C=O) groups is 3. The molecule has 18 unspecified atom stereocenters. The molecular formula is C70H131O24P. The predicted octanol–water partition coefficient (Wildman–Crippen LogP) is 9.80. The number of rotatable bonds is 58. The third kappa shape index (κ3) is 36.4. The molecule has 2 aliphatic heterocycles. The monoisotopic (exact) mass is 1390 g/mol. The summed E-state index contributed by atoms with van der Waals surface area (Å²) in [4.78, 5) is 50.9. The van der Waals surface area contributed by atoms with Gasteiger partial charge in [-0.25, -0.2) is 4.57 Å². The van der Waals surface area contributed by atoms with Crippen molar-refractivity contribution in [3.05, 3.63) is 0 Å². The summed E-state index contributed by atoms with van der Waals surface area (Å²) in [5.41, 5.74) is 0. The highest BCUT2D eigenvalue weighted by atomic mass is 31.2. The van der Waals surface area contributed by atoms with E-state index in [4.69, 9.17) is 42.2 Å². The molecule has 0 aromatic carbocycles. The van der Waals surface area contributed by atoms with Gasteiger partial charge in [-0.1, -0.05) is 258 Å². The van der Waals surface area contributed by atoms with Crippen LogP contribution in [0.2, 0.25) is 0 Å². The molecule has 0 radical (unpaired) electrons. The molecule has 25 heteroatoms. The van der Waals surface area contributed by atoms with E-state index in [-0.39, 0.29) is 19.3 Å². The third-order valence-corrected chi connectivity index (χ3v) is 19.6. The predicted molar refractivity (Wildman–Crippen MR) is 356 cm³/mol. The molecule has 0 aromatic rings. The molecule has 1 aliphatic carbocycles. The zero-order valence-electron chi connectivity index (χ0n) is 58.2. The number of ether oxygens (including phenoxy) is 7. The summed E-state index contributed by atoms with van der Waals surface area (Å²) in [5, 5.41) is 110. The van der Waals surface area contributed by atoms with E-state index < -0.39 is 156 Å². The number of aliphatic hydroxyl groups excluding tert-OH is 10. The highest BCUT2D eigenvalue weighted by molar-refractivity contribution is 7.47. The van der Waals surface area contributed by atoms with Gasteiger partial charge in [0.05, 0.1) is 13.2 Å². The van der Waals surface area contributed by atoms with Crippen molar-refractivity contribution < 1.29 is 117 Å². The van der Waals surface area contributed by atoms with Crippen molar-refractivity contribution in [3.8, 4) is 0 Å². The maximum Gasteiger partial charge on any atom is 0.472 e. The topological polar surface area (TPSA) is 374 Å². The van der Waals surface area contributed by atoms with Gasteiger partial charge in [-0.05, 0) is 19.3 Å². The highest BCUT2D eigenvalue weighted by Crippen LogP contribution is 2.49. The van der Waals surface area contributed by atoms with Crippen LogP contribution in [-0.2, 0) is 61.2 Å². The number of esters is 3. The molecule has 18 atom stereocenters. The summed E-state index contributed by atoms with van der Waals surface area (Å²) in [5.74, 6) is -1.97. The minimum atomic E-state index is -5.69. The van der Waals surface area contributed by atoms with Crippen LogP contribution in [0.15, 0.2) is 0 Å². The van der Waals surface area contributed by atoms with Crippen LogP contribution in [0.5, 0.6) is 0 Å². The maximum atomic E-state index is 14.3. The van der Waals surface area contributed by atoms with Crippen LogP contribution in [0.3, 0.4) is 0 Å². The summed E-state index contributed by atoms with van der Waals surface area (Å²) >= 11 is 0.